The lowest BCUT2D eigenvalue weighted by molar-refractivity contribution is -0.114. The van der Waals surface area contributed by atoms with Gasteiger partial charge in [0.1, 0.15) is 0 Å². The van der Waals surface area contributed by atoms with Gasteiger partial charge in [0, 0.05) is 11.3 Å². The van der Waals surface area contributed by atoms with E-state index in [0.29, 0.717) is 6.42 Å². The first-order valence-corrected chi connectivity index (χ1v) is 6.47. The number of rotatable bonds is 3. The summed E-state index contributed by atoms with van der Waals surface area (Å²) in [5, 5.41) is 2.02. The smallest absolute Gasteiger partial charge is 0.160 e. The van der Waals surface area contributed by atoms with Gasteiger partial charge in [0.15, 0.2) is 5.78 Å². The molecule has 2 heteroatoms. The Morgan fingerprint density at radius 3 is 2.80 bits per heavy atom. The monoisotopic (exact) mass is 220 g/mol. The number of carbonyl (C=O) groups excluding carboxylic acids is 1. The molecule has 1 saturated carbocycles. The minimum absolute atomic E-state index is 0.273. The van der Waals surface area contributed by atoms with Gasteiger partial charge in [-0.1, -0.05) is 18.1 Å². The highest BCUT2D eigenvalue weighted by atomic mass is 32.1. The molecule has 1 fully saturated rings. The fourth-order valence-electron chi connectivity index (χ4n) is 2.01. The van der Waals surface area contributed by atoms with Gasteiger partial charge in [0.25, 0.3) is 0 Å². The maximum atomic E-state index is 11.7. The SMILES string of the molecule is O=C(C=C1CCCCC1)Cc1cccs1. The molecular weight excluding hydrogens is 204 g/mol. The molecule has 1 aromatic rings. The Morgan fingerprint density at radius 1 is 1.33 bits per heavy atom. The average molecular weight is 220 g/mol. The van der Waals surface area contributed by atoms with Crippen LogP contribution in [0.15, 0.2) is 29.2 Å². The molecule has 0 bridgehead atoms. The molecule has 80 valence electrons. The Kier molecular flexibility index (Phi) is 3.73. The molecule has 1 heterocycles. The van der Waals surface area contributed by atoms with E-state index in [1.54, 1.807) is 11.3 Å². The summed E-state index contributed by atoms with van der Waals surface area (Å²) >= 11 is 1.66. The van der Waals surface area contributed by atoms with Gasteiger partial charge in [-0.25, -0.2) is 0 Å². The number of thiophene rings is 1. The summed E-state index contributed by atoms with van der Waals surface area (Å²) in [6, 6.07) is 4.03. The van der Waals surface area contributed by atoms with Crippen LogP contribution in [0.2, 0.25) is 0 Å². The van der Waals surface area contributed by atoms with E-state index in [9.17, 15) is 4.79 Å². The number of ketones is 1. The largest absolute Gasteiger partial charge is 0.294 e. The van der Waals surface area contributed by atoms with Crippen LogP contribution in [0.25, 0.3) is 0 Å². The summed E-state index contributed by atoms with van der Waals surface area (Å²) in [6.45, 7) is 0. The van der Waals surface area contributed by atoms with Crippen LogP contribution in [-0.2, 0) is 11.2 Å². The Morgan fingerprint density at radius 2 is 2.13 bits per heavy atom. The van der Waals surface area contributed by atoms with Crippen LogP contribution in [0, 0.1) is 0 Å². The molecule has 1 nitrogen and oxygen atoms in total. The molecule has 0 spiro atoms. The Balaban J connectivity index is 1.91. The molecule has 2 rings (SSSR count). The molecular formula is C13H16OS. The third-order valence-corrected chi connectivity index (χ3v) is 3.67. The standard InChI is InChI=1S/C13H16OS/c14-12(10-13-7-4-8-15-13)9-11-5-2-1-3-6-11/h4,7-9H,1-3,5-6,10H2. The van der Waals surface area contributed by atoms with Crippen LogP contribution >= 0.6 is 11.3 Å². The molecule has 0 radical (unpaired) electrons. The summed E-state index contributed by atoms with van der Waals surface area (Å²) < 4.78 is 0. The summed E-state index contributed by atoms with van der Waals surface area (Å²) in [5.41, 5.74) is 1.36. The van der Waals surface area contributed by atoms with Crippen molar-refractivity contribution in [3.05, 3.63) is 34.0 Å². The molecule has 0 aliphatic heterocycles. The van der Waals surface area contributed by atoms with Gasteiger partial charge in [-0.2, -0.15) is 0 Å². The van der Waals surface area contributed by atoms with E-state index < -0.39 is 0 Å². The van der Waals surface area contributed by atoms with E-state index in [1.165, 1.54) is 29.7 Å². The summed E-state index contributed by atoms with van der Waals surface area (Å²) in [4.78, 5) is 12.9. The van der Waals surface area contributed by atoms with Crippen molar-refractivity contribution in [2.45, 2.75) is 38.5 Å². The van der Waals surface area contributed by atoms with Crippen LogP contribution in [0.4, 0.5) is 0 Å². The van der Waals surface area contributed by atoms with Gasteiger partial charge in [0.05, 0.1) is 0 Å². The lowest BCUT2D eigenvalue weighted by Crippen LogP contribution is -2.01. The zero-order valence-electron chi connectivity index (χ0n) is 8.87. The van der Waals surface area contributed by atoms with E-state index in [-0.39, 0.29) is 5.78 Å². The quantitative estimate of drug-likeness (QED) is 0.709. The van der Waals surface area contributed by atoms with E-state index in [2.05, 4.69) is 0 Å². The lowest BCUT2D eigenvalue weighted by Gasteiger charge is -2.12. The van der Waals surface area contributed by atoms with Gasteiger partial charge in [-0.05, 0) is 43.2 Å². The molecule has 0 unspecified atom stereocenters. The molecule has 1 aliphatic rings. The Hall–Kier alpha value is -0.890. The maximum Gasteiger partial charge on any atom is 0.160 e. The van der Waals surface area contributed by atoms with Gasteiger partial charge in [-0.3, -0.25) is 4.79 Å². The first-order chi connectivity index (χ1) is 7.34. The highest BCUT2D eigenvalue weighted by Crippen LogP contribution is 2.23. The summed E-state index contributed by atoms with van der Waals surface area (Å²) in [6.07, 6.45) is 8.60. The van der Waals surface area contributed by atoms with Crippen LogP contribution in [-0.4, -0.2) is 5.78 Å². The summed E-state index contributed by atoms with van der Waals surface area (Å²) in [5.74, 6) is 0.273. The van der Waals surface area contributed by atoms with Crippen LogP contribution < -0.4 is 0 Å². The number of carbonyl (C=O) groups is 1. The predicted octanol–water partition coefficient (Wildman–Crippen LogP) is 3.75. The molecule has 0 saturated heterocycles. The maximum absolute atomic E-state index is 11.7. The van der Waals surface area contributed by atoms with E-state index in [1.807, 2.05) is 23.6 Å². The van der Waals surface area contributed by atoms with E-state index in [0.717, 1.165) is 12.8 Å². The van der Waals surface area contributed by atoms with Gasteiger partial charge >= 0.3 is 0 Å². The number of allylic oxidation sites excluding steroid dienone is 2. The molecule has 0 atom stereocenters. The zero-order chi connectivity index (χ0) is 10.5. The fraction of sp³-hybridized carbons (Fsp3) is 0.462. The minimum atomic E-state index is 0.273. The van der Waals surface area contributed by atoms with Crippen molar-refractivity contribution in [1.82, 2.24) is 0 Å². The molecule has 0 aromatic carbocycles. The van der Waals surface area contributed by atoms with Gasteiger partial charge < -0.3 is 0 Å². The molecule has 1 aliphatic carbocycles. The molecule has 1 aromatic heterocycles. The second kappa shape index (κ2) is 5.26. The third-order valence-electron chi connectivity index (χ3n) is 2.79. The van der Waals surface area contributed by atoms with Gasteiger partial charge in [0.2, 0.25) is 0 Å². The second-order valence-corrected chi connectivity index (χ2v) is 5.12. The Labute approximate surface area is 94.8 Å². The zero-order valence-corrected chi connectivity index (χ0v) is 9.69. The molecule has 0 amide bonds. The summed E-state index contributed by atoms with van der Waals surface area (Å²) in [7, 11) is 0. The number of hydrogen-bond acceptors (Lipinski definition) is 2. The fourth-order valence-corrected chi connectivity index (χ4v) is 2.73. The van der Waals surface area contributed by atoms with Crippen molar-refractivity contribution < 1.29 is 4.79 Å². The molecule has 15 heavy (non-hydrogen) atoms. The van der Waals surface area contributed by atoms with Crippen LogP contribution in [0.3, 0.4) is 0 Å². The van der Waals surface area contributed by atoms with Crippen molar-refractivity contribution in [3.63, 3.8) is 0 Å². The normalized spacial score (nSPS) is 16.4. The van der Waals surface area contributed by atoms with Crippen LogP contribution in [0.1, 0.15) is 37.0 Å². The lowest BCUT2D eigenvalue weighted by atomic mass is 9.94. The van der Waals surface area contributed by atoms with Crippen molar-refractivity contribution in [2.24, 2.45) is 0 Å². The van der Waals surface area contributed by atoms with Crippen molar-refractivity contribution in [3.8, 4) is 0 Å². The van der Waals surface area contributed by atoms with Gasteiger partial charge in [-0.15, -0.1) is 11.3 Å². The topological polar surface area (TPSA) is 17.1 Å². The number of hydrogen-bond donors (Lipinski definition) is 0. The highest BCUT2D eigenvalue weighted by Gasteiger charge is 2.08. The van der Waals surface area contributed by atoms with Crippen molar-refractivity contribution >= 4 is 17.1 Å². The third kappa shape index (κ3) is 3.31. The first kappa shape index (κ1) is 10.6. The predicted molar refractivity (Wildman–Crippen MR) is 64.2 cm³/mol. The Bertz CT molecular complexity index is 341. The van der Waals surface area contributed by atoms with E-state index in [4.69, 9.17) is 0 Å². The highest BCUT2D eigenvalue weighted by molar-refractivity contribution is 7.10. The van der Waals surface area contributed by atoms with Crippen molar-refractivity contribution in [1.29, 1.82) is 0 Å². The van der Waals surface area contributed by atoms with Crippen molar-refractivity contribution in [2.75, 3.05) is 0 Å². The van der Waals surface area contributed by atoms with Crippen LogP contribution in [0.5, 0.6) is 0 Å². The minimum Gasteiger partial charge on any atom is -0.294 e. The molecule has 0 N–H and O–H groups in total. The first-order valence-electron chi connectivity index (χ1n) is 5.59. The average Bonchev–Trinajstić information content (AvgIpc) is 2.71. The van der Waals surface area contributed by atoms with E-state index >= 15 is 0 Å². The second-order valence-electron chi connectivity index (χ2n) is 4.09.